The first-order valence-electron chi connectivity index (χ1n) is 6.94. The smallest absolute Gasteiger partial charge is 0.0578 e. The Hall–Kier alpha value is -1.64. The minimum atomic E-state index is 0.264. The molecule has 0 heterocycles. The van der Waals surface area contributed by atoms with E-state index in [0.717, 1.165) is 12.8 Å². The predicted octanol–water partition coefficient (Wildman–Crippen LogP) is 2.86. The monoisotopic (exact) mass is 252 g/mol. The van der Waals surface area contributed by atoms with Gasteiger partial charge in [0, 0.05) is 12.1 Å². The van der Waals surface area contributed by atoms with Gasteiger partial charge in [0.1, 0.15) is 0 Å². The number of nitrogens with two attached hydrogens (primary N) is 1. The molecular weight excluding hydrogens is 232 g/mol. The third-order valence-corrected chi connectivity index (χ3v) is 3.84. The standard InChI is InChI=1S/C17H20N2/c18-15-11-16(12-15)19-17(13-7-3-1-4-8-13)14-9-5-2-6-10-14/h1-10,15-17,19H,11-12,18H2. The number of hydrogen-bond donors (Lipinski definition) is 2. The Balaban J connectivity index is 1.83. The lowest BCUT2D eigenvalue weighted by molar-refractivity contribution is 0.278. The molecule has 19 heavy (non-hydrogen) atoms. The zero-order valence-corrected chi connectivity index (χ0v) is 11.0. The lowest BCUT2D eigenvalue weighted by Crippen LogP contribution is -2.49. The van der Waals surface area contributed by atoms with E-state index in [4.69, 9.17) is 5.73 Å². The van der Waals surface area contributed by atoms with Crippen molar-refractivity contribution in [1.82, 2.24) is 5.32 Å². The van der Waals surface area contributed by atoms with Crippen molar-refractivity contribution < 1.29 is 0 Å². The summed E-state index contributed by atoms with van der Waals surface area (Å²) >= 11 is 0. The van der Waals surface area contributed by atoms with E-state index in [9.17, 15) is 0 Å². The fourth-order valence-corrected chi connectivity index (χ4v) is 2.71. The highest BCUT2D eigenvalue weighted by Crippen LogP contribution is 2.27. The van der Waals surface area contributed by atoms with Gasteiger partial charge in [-0.05, 0) is 24.0 Å². The zero-order valence-electron chi connectivity index (χ0n) is 11.0. The highest BCUT2D eigenvalue weighted by atomic mass is 15.0. The minimum Gasteiger partial charge on any atom is -0.328 e. The SMILES string of the molecule is NC1CC(NC(c2ccccc2)c2ccccc2)C1. The molecule has 1 aliphatic carbocycles. The largest absolute Gasteiger partial charge is 0.328 e. The summed E-state index contributed by atoms with van der Waals surface area (Å²) in [5.74, 6) is 0. The summed E-state index contributed by atoms with van der Waals surface area (Å²) in [6, 6.07) is 22.4. The molecule has 0 aromatic heterocycles. The van der Waals surface area contributed by atoms with E-state index < -0.39 is 0 Å². The maximum Gasteiger partial charge on any atom is 0.0578 e. The molecule has 0 spiro atoms. The summed E-state index contributed by atoms with van der Waals surface area (Å²) < 4.78 is 0. The first-order chi connectivity index (χ1) is 9.33. The van der Waals surface area contributed by atoms with E-state index >= 15 is 0 Å². The van der Waals surface area contributed by atoms with E-state index in [1.54, 1.807) is 0 Å². The third-order valence-electron chi connectivity index (χ3n) is 3.84. The van der Waals surface area contributed by atoms with Crippen LogP contribution < -0.4 is 11.1 Å². The maximum atomic E-state index is 5.88. The second kappa shape index (κ2) is 5.55. The number of rotatable bonds is 4. The van der Waals surface area contributed by atoms with Gasteiger partial charge in [-0.25, -0.2) is 0 Å². The fourth-order valence-electron chi connectivity index (χ4n) is 2.71. The van der Waals surface area contributed by atoms with Gasteiger partial charge >= 0.3 is 0 Å². The van der Waals surface area contributed by atoms with Gasteiger partial charge < -0.3 is 11.1 Å². The number of hydrogen-bond acceptors (Lipinski definition) is 2. The predicted molar refractivity (Wildman–Crippen MR) is 78.9 cm³/mol. The average molecular weight is 252 g/mol. The Bertz CT molecular complexity index is 464. The second-order valence-electron chi connectivity index (χ2n) is 5.35. The molecule has 2 aromatic rings. The first-order valence-corrected chi connectivity index (χ1v) is 6.94. The van der Waals surface area contributed by atoms with Gasteiger partial charge in [-0.2, -0.15) is 0 Å². The highest BCUT2D eigenvalue weighted by molar-refractivity contribution is 5.31. The summed E-state index contributed by atoms with van der Waals surface area (Å²) in [7, 11) is 0. The van der Waals surface area contributed by atoms with E-state index in [1.165, 1.54) is 11.1 Å². The quantitative estimate of drug-likeness (QED) is 0.878. The molecule has 2 aromatic carbocycles. The van der Waals surface area contributed by atoms with Crippen molar-refractivity contribution in [3.8, 4) is 0 Å². The molecule has 0 saturated heterocycles. The second-order valence-corrected chi connectivity index (χ2v) is 5.35. The molecular formula is C17H20N2. The van der Waals surface area contributed by atoms with Crippen molar-refractivity contribution in [3.05, 3.63) is 71.8 Å². The van der Waals surface area contributed by atoms with Crippen LogP contribution in [0.25, 0.3) is 0 Å². The van der Waals surface area contributed by atoms with Crippen LogP contribution >= 0.6 is 0 Å². The van der Waals surface area contributed by atoms with Crippen LogP contribution in [0.15, 0.2) is 60.7 Å². The summed E-state index contributed by atoms with van der Waals surface area (Å²) in [5, 5.41) is 3.74. The van der Waals surface area contributed by atoms with E-state index in [-0.39, 0.29) is 6.04 Å². The van der Waals surface area contributed by atoms with Gasteiger partial charge in [-0.3, -0.25) is 0 Å². The Morgan fingerprint density at radius 2 is 1.32 bits per heavy atom. The van der Waals surface area contributed by atoms with Gasteiger partial charge in [0.15, 0.2) is 0 Å². The van der Waals surface area contributed by atoms with Gasteiger partial charge in [0.25, 0.3) is 0 Å². The van der Waals surface area contributed by atoms with Gasteiger partial charge in [-0.1, -0.05) is 60.7 Å². The Morgan fingerprint density at radius 3 is 1.74 bits per heavy atom. The van der Waals surface area contributed by atoms with Crippen LogP contribution in [0.4, 0.5) is 0 Å². The first kappa shape index (κ1) is 12.4. The van der Waals surface area contributed by atoms with Crippen molar-refractivity contribution in [2.45, 2.75) is 31.0 Å². The molecule has 1 saturated carbocycles. The fraction of sp³-hybridized carbons (Fsp3) is 0.294. The Kier molecular flexibility index (Phi) is 3.62. The minimum absolute atomic E-state index is 0.264. The summed E-state index contributed by atoms with van der Waals surface area (Å²) in [4.78, 5) is 0. The molecule has 3 rings (SSSR count). The molecule has 0 unspecified atom stereocenters. The summed E-state index contributed by atoms with van der Waals surface area (Å²) in [5.41, 5.74) is 8.51. The average Bonchev–Trinajstić information content (AvgIpc) is 2.44. The third kappa shape index (κ3) is 2.86. The molecule has 3 N–H and O–H groups in total. The van der Waals surface area contributed by atoms with Crippen LogP contribution in [0.5, 0.6) is 0 Å². The Morgan fingerprint density at radius 1 is 0.842 bits per heavy atom. The van der Waals surface area contributed by atoms with Crippen LogP contribution in [0, 0.1) is 0 Å². The van der Waals surface area contributed by atoms with Gasteiger partial charge in [0.05, 0.1) is 6.04 Å². The maximum absolute atomic E-state index is 5.88. The van der Waals surface area contributed by atoms with Gasteiger partial charge in [0.2, 0.25) is 0 Å². The van der Waals surface area contributed by atoms with Crippen molar-refractivity contribution in [2.75, 3.05) is 0 Å². The van der Waals surface area contributed by atoms with Crippen molar-refractivity contribution in [3.63, 3.8) is 0 Å². The van der Waals surface area contributed by atoms with E-state index in [1.807, 2.05) is 0 Å². The molecule has 0 atom stereocenters. The van der Waals surface area contributed by atoms with Crippen molar-refractivity contribution >= 4 is 0 Å². The van der Waals surface area contributed by atoms with E-state index in [0.29, 0.717) is 12.1 Å². The van der Waals surface area contributed by atoms with Crippen LogP contribution in [-0.4, -0.2) is 12.1 Å². The molecule has 0 radical (unpaired) electrons. The number of nitrogens with one attached hydrogen (secondary N) is 1. The van der Waals surface area contributed by atoms with Crippen LogP contribution in [0.3, 0.4) is 0 Å². The molecule has 0 bridgehead atoms. The summed E-state index contributed by atoms with van der Waals surface area (Å²) in [6.45, 7) is 0. The topological polar surface area (TPSA) is 38.0 Å². The van der Waals surface area contributed by atoms with Gasteiger partial charge in [-0.15, -0.1) is 0 Å². The lowest BCUT2D eigenvalue weighted by Gasteiger charge is -2.36. The molecule has 98 valence electrons. The van der Waals surface area contributed by atoms with Crippen molar-refractivity contribution in [1.29, 1.82) is 0 Å². The molecule has 0 amide bonds. The zero-order chi connectivity index (χ0) is 13.1. The molecule has 2 nitrogen and oxygen atoms in total. The van der Waals surface area contributed by atoms with Crippen molar-refractivity contribution in [2.24, 2.45) is 5.73 Å². The number of benzene rings is 2. The van der Waals surface area contributed by atoms with E-state index in [2.05, 4.69) is 66.0 Å². The molecule has 2 heteroatoms. The Labute approximate surface area is 114 Å². The molecule has 1 aliphatic rings. The lowest BCUT2D eigenvalue weighted by atomic mass is 9.85. The van der Waals surface area contributed by atoms with Crippen LogP contribution in [-0.2, 0) is 0 Å². The van der Waals surface area contributed by atoms with Crippen LogP contribution in [0.1, 0.15) is 30.0 Å². The molecule has 1 fully saturated rings. The highest BCUT2D eigenvalue weighted by Gasteiger charge is 2.28. The van der Waals surface area contributed by atoms with Crippen LogP contribution in [0.2, 0.25) is 0 Å². The normalized spacial score (nSPS) is 22.2. The molecule has 0 aliphatic heterocycles. The summed E-state index contributed by atoms with van der Waals surface area (Å²) in [6.07, 6.45) is 2.16.